The predicted octanol–water partition coefficient (Wildman–Crippen LogP) is 14.3. The summed E-state index contributed by atoms with van der Waals surface area (Å²) in [7, 11) is 0. The number of thiophene rings is 3. The number of hydrogen-bond donors (Lipinski definition) is 0. The van der Waals surface area contributed by atoms with Gasteiger partial charge in [0, 0.05) is 66.8 Å². The van der Waals surface area contributed by atoms with Crippen molar-refractivity contribution < 1.29 is 0 Å². The molecule has 49 heavy (non-hydrogen) atoms. The van der Waals surface area contributed by atoms with Crippen LogP contribution in [0.4, 0.5) is 0 Å². The second kappa shape index (κ2) is 10.6. The lowest BCUT2D eigenvalue weighted by Gasteiger charge is -2.13. The average Bonchev–Trinajstić information content (AvgIpc) is 3.85. The van der Waals surface area contributed by atoms with E-state index in [1.807, 2.05) is 34.0 Å². The standard InChI is InChI=1S/C45H25NS3/c1-5-13-37-33(11-1)43-34-12-4-8-16-40(34)49-45(43)44(46-37)30-22-28(26-17-19-41-35(24-26)31-9-2-6-14-38(31)47-41)21-29(23-30)27-18-20-42-36(25-27)32-10-3-7-15-39(32)48-42/h1-25H. The zero-order valence-corrected chi connectivity index (χ0v) is 28.6. The number of pyridine rings is 1. The molecule has 11 rings (SSSR count). The molecule has 0 unspecified atom stereocenters. The Kier molecular flexibility index (Phi) is 5.93. The van der Waals surface area contributed by atoms with E-state index in [1.54, 1.807) is 0 Å². The summed E-state index contributed by atoms with van der Waals surface area (Å²) in [5.74, 6) is 0. The molecule has 0 radical (unpaired) electrons. The van der Waals surface area contributed by atoms with Crippen LogP contribution in [0, 0.1) is 0 Å². The molecule has 0 fully saturated rings. The van der Waals surface area contributed by atoms with Gasteiger partial charge in [0.25, 0.3) is 0 Å². The van der Waals surface area contributed by atoms with Gasteiger partial charge >= 0.3 is 0 Å². The molecule has 1 nitrogen and oxygen atoms in total. The molecule has 0 amide bonds. The fraction of sp³-hybridized carbons (Fsp3) is 0. The van der Waals surface area contributed by atoms with Crippen molar-refractivity contribution in [2.75, 3.05) is 0 Å². The third kappa shape index (κ3) is 4.25. The van der Waals surface area contributed by atoms with Crippen molar-refractivity contribution in [2.24, 2.45) is 0 Å². The highest BCUT2D eigenvalue weighted by Gasteiger charge is 2.18. The van der Waals surface area contributed by atoms with Crippen LogP contribution in [0.2, 0.25) is 0 Å². The van der Waals surface area contributed by atoms with Crippen molar-refractivity contribution in [2.45, 2.75) is 0 Å². The van der Waals surface area contributed by atoms with Crippen LogP contribution in [-0.4, -0.2) is 4.98 Å². The largest absolute Gasteiger partial charge is 0.246 e. The van der Waals surface area contributed by atoms with Crippen LogP contribution in [0.15, 0.2) is 152 Å². The van der Waals surface area contributed by atoms with Gasteiger partial charge in [-0.1, -0.05) is 84.9 Å². The van der Waals surface area contributed by atoms with E-state index < -0.39 is 0 Å². The van der Waals surface area contributed by atoms with E-state index in [4.69, 9.17) is 4.98 Å². The third-order valence-corrected chi connectivity index (χ3v) is 13.3. The van der Waals surface area contributed by atoms with Crippen LogP contribution in [0.5, 0.6) is 0 Å². The van der Waals surface area contributed by atoms with Gasteiger partial charge in [0.15, 0.2) is 0 Å². The van der Waals surface area contributed by atoms with E-state index in [0.717, 1.165) is 16.8 Å². The molecule has 228 valence electrons. The molecule has 0 saturated carbocycles. The Bertz CT molecular complexity index is 2990. The smallest absolute Gasteiger partial charge is 0.0888 e. The molecule has 0 spiro atoms. The molecular weight excluding hydrogens is 651 g/mol. The van der Waals surface area contributed by atoms with Gasteiger partial charge in [-0.3, -0.25) is 0 Å². The second-order valence-corrected chi connectivity index (χ2v) is 15.9. The third-order valence-electron chi connectivity index (χ3n) is 9.84. The van der Waals surface area contributed by atoms with Crippen LogP contribution in [0.25, 0.3) is 105 Å². The number of benzene rings is 7. The summed E-state index contributed by atoms with van der Waals surface area (Å²) >= 11 is 5.58. The molecule has 4 heteroatoms. The Morgan fingerprint density at radius 1 is 0.327 bits per heavy atom. The first-order chi connectivity index (χ1) is 24.2. The molecule has 7 aromatic carbocycles. The van der Waals surface area contributed by atoms with Gasteiger partial charge in [-0.05, 0) is 89.0 Å². The summed E-state index contributed by atoms with van der Waals surface area (Å²) < 4.78 is 7.82. The summed E-state index contributed by atoms with van der Waals surface area (Å²) in [6.45, 7) is 0. The van der Waals surface area contributed by atoms with Gasteiger partial charge in [0.05, 0.1) is 15.9 Å². The van der Waals surface area contributed by atoms with Crippen molar-refractivity contribution in [3.63, 3.8) is 0 Å². The van der Waals surface area contributed by atoms with Crippen LogP contribution in [-0.2, 0) is 0 Å². The highest BCUT2D eigenvalue weighted by atomic mass is 32.1. The molecule has 0 atom stereocenters. The Morgan fingerprint density at radius 2 is 0.796 bits per heavy atom. The van der Waals surface area contributed by atoms with Crippen LogP contribution in [0.1, 0.15) is 0 Å². The van der Waals surface area contributed by atoms with Crippen LogP contribution >= 0.6 is 34.0 Å². The molecule has 0 N–H and O–H groups in total. The lowest BCUT2D eigenvalue weighted by Crippen LogP contribution is -1.90. The zero-order chi connectivity index (χ0) is 32.1. The first-order valence-corrected chi connectivity index (χ1v) is 18.9. The first-order valence-electron chi connectivity index (χ1n) is 16.4. The van der Waals surface area contributed by atoms with Gasteiger partial charge < -0.3 is 0 Å². The highest BCUT2D eigenvalue weighted by molar-refractivity contribution is 7.27. The molecule has 0 bridgehead atoms. The molecule has 4 aromatic heterocycles. The van der Waals surface area contributed by atoms with Gasteiger partial charge in [-0.15, -0.1) is 34.0 Å². The molecule has 0 aliphatic heterocycles. The van der Waals surface area contributed by atoms with Gasteiger partial charge in [-0.2, -0.15) is 0 Å². The molecule has 0 aliphatic carbocycles. The van der Waals surface area contributed by atoms with Crippen molar-refractivity contribution in [1.82, 2.24) is 4.98 Å². The lowest BCUT2D eigenvalue weighted by molar-refractivity contribution is 1.44. The monoisotopic (exact) mass is 675 g/mol. The van der Waals surface area contributed by atoms with Crippen molar-refractivity contribution in [3.8, 4) is 33.5 Å². The van der Waals surface area contributed by atoms with E-state index >= 15 is 0 Å². The molecule has 0 saturated heterocycles. The molecular formula is C45H25NS3. The van der Waals surface area contributed by atoms with Gasteiger partial charge in [-0.25, -0.2) is 4.98 Å². The maximum Gasteiger partial charge on any atom is 0.0888 e. The maximum absolute atomic E-state index is 5.42. The minimum atomic E-state index is 1.03. The molecule has 4 heterocycles. The van der Waals surface area contributed by atoms with Gasteiger partial charge in [0.2, 0.25) is 0 Å². The quantitative estimate of drug-likeness (QED) is 0.182. The first kappa shape index (κ1) is 27.5. The zero-order valence-electron chi connectivity index (χ0n) is 26.1. The van der Waals surface area contributed by atoms with Crippen molar-refractivity contribution in [3.05, 3.63) is 152 Å². The summed E-state index contributed by atoms with van der Waals surface area (Å²) in [4.78, 5) is 5.42. The SMILES string of the molecule is c1ccc2c(c1)nc(-c1cc(-c3ccc4sc5ccccc5c4c3)cc(-c3ccc4sc5ccccc5c4c3)c1)c1sc3ccccc3c12. The fourth-order valence-electron chi connectivity index (χ4n) is 7.54. The van der Waals surface area contributed by atoms with Crippen molar-refractivity contribution in [1.29, 1.82) is 0 Å². The van der Waals surface area contributed by atoms with E-state index in [0.29, 0.717) is 0 Å². The fourth-order valence-corrected chi connectivity index (χ4v) is 10.9. The summed E-state index contributed by atoms with van der Waals surface area (Å²) in [6.07, 6.45) is 0. The predicted molar refractivity (Wildman–Crippen MR) is 217 cm³/mol. The number of hydrogen-bond acceptors (Lipinski definition) is 4. The van der Waals surface area contributed by atoms with Gasteiger partial charge in [0.1, 0.15) is 0 Å². The number of para-hydroxylation sites is 1. The topological polar surface area (TPSA) is 12.9 Å². The number of aromatic nitrogens is 1. The highest BCUT2D eigenvalue weighted by Crippen LogP contribution is 2.45. The Morgan fingerprint density at radius 3 is 1.41 bits per heavy atom. The second-order valence-electron chi connectivity index (χ2n) is 12.7. The Labute approximate surface area is 294 Å². The lowest BCUT2D eigenvalue weighted by atomic mass is 9.93. The number of fused-ring (bicyclic) bond motifs is 11. The maximum atomic E-state index is 5.42. The summed E-state index contributed by atoms with van der Waals surface area (Å²) in [6, 6.07) is 55.9. The molecule has 11 aromatic rings. The minimum Gasteiger partial charge on any atom is -0.246 e. The minimum absolute atomic E-state index is 1.03. The Hall–Kier alpha value is -5.39. The van der Waals surface area contributed by atoms with E-state index in [1.165, 1.54) is 88.2 Å². The van der Waals surface area contributed by atoms with E-state index in [-0.39, 0.29) is 0 Å². The number of rotatable bonds is 3. The summed E-state index contributed by atoms with van der Waals surface area (Å²) in [5, 5.41) is 9.06. The van der Waals surface area contributed by atoms with Crippen LogP contribution < -0.4 is 0 Å². The average molecular weight is 676 g/mol. The van der Waals surface area contributed by atoms with E-state index in [2.05, 4.69) is 152 Å². The Balaban J connectivity index is 1.21. The summed E-state index contributed by atoms with van der Waals surface area (Å²) in [5.41, 5.74) is 8.04. The van der Waals surface area contributed by atoms with Crippen molar-refractivity contribution >= 4 is 105 Å². The normalized spacial score (nSPS) is 12.1. The molecule has 0 aliphatic rings. The number of nitrogens with zero attached hydrogens (tertiary/aromatic N) is 1. The van der Waals surface area contributed by atoms with E-state index in [9.17, 15) is 0 Å². The van der Waals surface area contributed by atoms with Crippen LogP contribution in [0.3, 0.4) is 0 Å².